The van der Waals surface area contributed by atoms with E-state index in [1.165, 1.54) is 7.11 Å². The zero-order chi connectivity index (χ0) is 8.15. The molecule has 0 saturated carbocycles. The molecule has 0 radical (unpaired) electrons. The molecule has 0 bridgehead atoms. The fraction of sp³-hybridized carbons (Fsp3) is 0.500. The number of rotatable bonds is 3. The van der Waals surface area contributed by atoms with Gasteiger partial charge in [-0.25, -0.2) is 0 Å². The third-order valence-electron chi connectivity index (χ3n) is 0.901. The first kappa shape index (κ1) is 9.46. The second-order valence-electron chi connectivity index (χ2n) is 1.95. The van der Waals surface area contributed by atoms with Crippen LogP contribution in [0.5, 0.6) is 0 Å². The van der Waals surface area contributed by atoms with Gasteiger partial charge in [0.1, 0.15) is 5.70 Å². The Morgan fingerprint density at radius 3 is 2.10 bits per heavy atom. The lowest BCUT2D eigenvalue weighted by atomic mass is 10.3. The molecule has 0 unspecified atom stereocenters. The molecule has 0 spiro atoms. The van der Waals surface area contributed by atoms with Crippen molar-refractivity contribution in [3.8, 4) is 0 Å². The van der Waals surface area contributed by atoms with Gasteiger partial charge in [-0.05, 0) is 31.0 Å². The molecule has 0 aliphatic heterocycles. The molecule has 3 nitrogen and oxygen atoms in total. The highest BCUT2D eigenvalue weighted by molar-refractivity contribution is 6.67. The first-order valence-electron chi connectivity index (χ1n) is 2.76. The van der Waals surface area contributed by atoms with Crippen molar-refractivity contribution in [2.45, 2.75) is 13.8 Å². The number of halogens is 1. The van der Waals surface area contributed by atoms with Crippen LogP contribution in [0.25, 0.3) is 0 Å². The highest BCUT2D eigenvalue weighted by atomic mass is 35.5. The van der Waals surface area contributed by atoms with Crippen LogP contribution >= 0.6 is 11.6 Å². The Morgan fingerprint density at radius 1 is 1.50 bits per heavy atom. The second-order valence-corrected chi connectivity index (χ2v) is 2.30. The normalized spacial score (nSPS) is 8.80. The number of hydrogen-bond acceptors (Lipinski definition) is 3. The highest BCUT2D eigenvalue weighted by Gasteiger charge is 2.05. The average molecular weight is 164 g/mol. The smallest absolute Gasteiger partial charge is 0.270 e. The number of hydroxylamine groups is 1. The van der Waals surface area contributed by atoms with Gasteiger partial charge in [-0.2, -0.15) is 0 Å². The molecule has 0 aromatic heterocycles. The Hall–Kier alpha value is -0.540. The third-order valence-corrected chi connectivity index (χ3v) is 1.09. The molecule has 0 aromatic rings. The molecule has 1 N–H and O–H groups in total. The number of allylic oxidation sites excluding steroid dienone is 2. The van der Waals surface area contributed by atoms with Crippen LogP contribution in [0, 0.1) is 0 Å². The van der Waals surface area contributed by atoms with E-state index in [0.717, 1.165) is 5.57 Å². The van der Waals surface area contributed by atoms with Crippen LogP contribution in [-0.2, 0) is 9.63 Å². The third kappa shape index (κ3) is 2.85. The van der Waals surface area contributed by atoms with Crippen LogP contribution in [0.1, 0.15) is 13.8 Å². The molecule has 0 aliphatic rings. The second kappa shape index (κ2) is 4.30. The summed E-state index contributed by atoms with van der Waals surface area (Å²) in [7, 11) is 1.42. The minimum atomic E-state index is -0.540. The summed E-state index contributed by atoms with van der Waals surface area (Å²) in [6.45, 7) is 3.53. The SMILES string of the molecule is CONC(C(=O)Cl)=C(C)C. The lowest BCUT2D eigenvalue weighted by Gasteiger charge is -2.04. The summed E-state index contributed by atoms with van der Waals surface area (Å²) in [6, 6.07) is 0. The summed E-state index contributed by atoms with van der Waals surface area (Å²) in [5.74, 6) is 0. The molecule has 0 rings (SSSR count). The highest BCUT2D eigenvalue weighted by Crippen LogP contribution is 2.02. The van der Waals surface area contributed by atoms with E-state index in [2.05, 4.69) is 10.3 Å². The maximum Gasteiger partial charge on any atom is 0.270 e. The maximum absolute atomic E-state index is 10.5. The summed E-state index contributed by atoms with van der Waals surface area (Å²) in [5, 5.41) is -0.540. The lowest BCUT2D eigenvalue weighted by molar-refractivity contribution is -0.110. The fourth-order valence-electron chi connectivity index (χ4n) is 0.441. The summed E-state index contributed by atoms with van der Waals surface area (Å²) in [5.41, 5.74) is 3.47. The zero-order valence-electron chi connectivity index (χ0n) is 6.19. The number of hydrogen-bond donors (Lipinski definition) is 1. The number of carbonyl (C=O) groups excluding carboxylic acids is 1. The Bertz CT molecular complexity index is 161. The summed E-state index contributed by atoms with van der Waals surface area (Å²) < 4.78 is 0. The fourth-order valence-corrected chi connectivity index (χ4v) is 0.668. The van der Waals surface area contributed by atoms with Gasteiger partial charge in [-0.3, -0.25) is 15.1 Å². The van der Waals surface area contributed by atoms with Crippen LogP contribution in [0.4, 0.5) is 0 Å². The summed E-state index contributed by atoms with van der Waals surface area (Å²) >= 11 is 5.18. The molecule has 0 atom stereocenters. The van der Waals surface area contributed by atoms with E-state index < -0.39 is 5.24 Å². The minimum absolute atomic E-state index is 0.296. The lowest BCUT2D eigenvalue weighted by Crippen LogP contribution is -2.17. The monoisotopic (exact) mass is 163 g/mol. The van der Waals surface area contributed by atoms with Gasteiger partial charge in [0.15, 0.2) is 0 Å². The van der Waals surface area contributed by atoms with Crippen molar-refractivity contribution in [1.29, 1.82) is 0 Å². The molecule has 58 valence electrons. The van der Waals surface area contributed by atoms with Gasteiger partial charge < -0.3 is 0 Å². The van der Waals surface area contributed by atoms with Crippen LogP contribution in [0.15, 0.2) is 11.3 Å². The predicted molar refractivity (Wildman–Crippen MR) is 39.4 cm³/mol. The van der Waals surface area contributed by atoms with Crippen molar-refractivity contribution in [2.75, 3.05) is 7.11 Å². The maximum atomic E-state index is 10.5. The minimum Gasteiger partial charge on any atom is -0.279 e. The molecule has 0 aromatic carbocycles. The van der Waals surface area contributed by atoms with E-state index in [-0.39, 0.29) is 0 Å². The molecule has 0 amide bonds. The summed E-state index contributed by atoms with van der Waals surface area (Å²) in [6.07, 6.45) is 0. The van der Waals surface area contributed by atoms with Gasteiger partial charge in [0.2, 0.25) is 0 Å². The number of carbonyl (C=O) groups is 1. The van der Waals surface area contributed by atoms with E-state index in [0.29, 0.717) is 5.70 Å². The van der Waals surface area contributed by atoms with Gasteiger partial charge in [0.25, 0.3) is 5.24 Å². The quantitative estimate of drug-likeness (QED) is 0.386. The van der Waals surface area contributed by atoms with E-state index in [1.807, 2.05) is 0 Å². The van der Waals surface area contributed by atoms with Gasteiger partial charge >= 0.3 is 0 Å². The molecule has 0 heterocycles. The van der Waals surface area contributed by atoms with Crippen LogP contribution in [0.2, 0.25) is 0 Å². The molecule has 10 heavy (non-hydrogen) atoms. The Labute approximate surface area is 65.0 Å². The largest absolute Gasteiger partial charge is 0.279 e. The van der Waals surface area contributed by atoms with Crippen molar-refractivity contribution in [2.24, 2.45) is 0 Å². The first-order chi connectivity index (χ1) is 4.59. The molecule has 4 heteroatoms. The number of nitrogens with one attached hydrogen (secondary N) is 1. The van der Waals surface area contributed by atoms with Crippen molar-refractivity contribution in [3.05, 3.63) is 11.3 Å². The molecular formula is C6H10ClNO2. The summed E-state index contributed by atoms with van der Waals surface area (Å²) in [4.78, 5) is 15.1. The molecular weight excluding hydrogens is 154 g/mol. The van der Waals surface area contributed by atoms with Crippen molar-refractivity contribution in [3.63, 3.8) is 0 Å². The Balaban J connectivity index is 4.28. The Morgan fingerprint density at radius 2 is 2.00 bits per heavy atom. The van der Waals surface area contributed by atoms with E-state index >= 15 is 0 Å². The van der Waals surface area contributed by atoms with Crippen molar-refractivity contribution < 1.29 is 9.63 Å². The van der Waals surface area contributed by atoms with Gasteiger partial charge in [0.05, 0.1) is 7.11 Å². The standard InChI is InChI=1S/C6H10ClNO2/c1-4(2)5(6(7)9)8-10-3/h8H,1-3H3. The van der Waals surface area contributed by atoms with Crippen LogP contribution in [0.3, 0.4) is 0 Å². The zero-order valence-corrected chi connectivity index (χ0v) is 6.95. The van der Waals surface area contributed by atoms with Crippen molar-refractivity contribution in [1.82, 2.24) is 5.48 Å². The van der Waals surface area contributed by atoms with E-state index in [4.69, 9.17) is 11.6 Å². The van der Waals surface area contributed by atoms with E-state index in [1.54, 1.807) is 13.8 Å². The molecule has 0 saturated heterocycles. The van der Waals surface area contributed by atoms with E-state index in [9.17, 15) is 4.79 Å². The molecule has 0 fully saturated rings. The van der Waals surface area contributed by atoms with Crippen LogP contribution in [-0.4, -0.2) is 12.4 Å². The van der Waals surface area contributed by atoms with Gasteiger partial charge in [0, 0.05) is 0 Å². The average Bonchev–Trinajstić information content (AvgIpc) is 1.81. The molecule has 0 aliphatic carbocycles. The van der Waals surface area contributed by atoms with Gasteiger partial charge in [-0.1, -0.05) is 0 Å². The Kier molecular flexibility index (Phi) is 4.07. The van der Waals surface area contributed by atoms with Gasteiger partial charge in [-0.15, -0.1) is 0 Å². The van der Waals surface area contributed by atoms with Crippen molar-refractivity contribution >= 4 is 16.8 Å². The topological polar surface area (TPSA) is 38.3 Å². The predicted octanol–water partition coefficient (Wildman–Crippen LogP) is 1.20. The first-order valence-corrected chi connectivity index (χ1v) is 3.13. The van der Waals surface area contributed by atoms with Crippen LogP contribution < -0.4 is 5.48 Å².